The van der Waals surface area contributed by atoms with Gasteiger partial charge in [0.25, 0.3) is 16.2 Å². The SMILES string of the molecule is CC1=CC(=O)NS(=O)(=O)O1.CC1=CC(=O)[N-]S(=O)(=O)O1.[K+].[K+].[OH-]. The van der Waals surface area contributed by atoms with Crippen LogP contribution in [0.25, 0.3) is 4.72 Å². The molecular weight excluding hydrogens is 410 g/mol. The minimum Gasteiger partial charge on any atom is -0.870 e. The van der Waals surface area contributed by atoms with Gasteiger partial charge in [-0.3, -0.25) is 4.79 Å². The average Bonchev–Trinajstić information content (AvgIpc) is 2.08. The molecule has 2 rings (SSSR count). The molecule has 11 nitrogen and oxygen atoms in total. The molecule has 2 heterocycles. The van der Waals surface area contributed by atoms with E-state index in [1.807, 2.05) is 0 Å². The van der Waals surface area contributed by atoms with Crippen LogP contribution in [0.4, 0.5) is 0 Å². The van der Waals surface area contributed by atoms with Crippen LogP contribution in [0.15, 0.2) is 23.7 Å². The maximum atomic E-state index is 10.5. The molecule has 2 N–H and O–H groups in total. The summed E-state index contributed by atoms with van der Waals surface area (Å²) < 4.78 is 54.6. The number of nitrogens with zero attached hydrogens (tertiary/aromatic N) is 1. The topological polar surface area (TPSA) is 177 Å². The van der Waals surface area contributed by atoms with Gasteiger partial charge >= 0.3 is 113 Å². The van der Waals surface area contributed by atoms with Crippen LogP contribution in [-0.2, 0) is 38.6 Å². The Balaban J connectivity index is -0.000000308. The zero-order valence-corrected chi connectivity index (χ0v) is 20.5. The number of carbonyl (C=O) groups excluding carboxylic acids is 2. The summed E-state index contributed by atoms with van der Waals surface area (Å²) in [4.78, 5) is 20.8. The van der Waals surface area contributed by atoms with Crippen LogP contribution in [0.5, 0.6) is 0 Å². The van der Waals surface area contributed by atoms with Crippen LogP contribution in [0, 0.1) is 0 Å². The van der Waals surface area contributed by atoms with Crippen molar-refractivity contribution in [3.63, 3.8) is 0 Å². The van der Waals surface area contributed by atoms with Crippen LogP contribution in [0.2, 0.25) is 0 Å². The molecule has 0 aromatic heterocycles. The van der Waals surface area contributed by atoms with E-state index in [0.717, 1.165) is 12.2 Å². The van der Waals surface area contributed by atoms with Gasteiger partial charge in [0.1, 0.15) is 11.5 Å². The van der Waals surface area contributed by atoms with E-state index in [1.54, 1.807) is 4.72 Å². The third-order valence-corrected chi connectivity index (χ3v) is 3.38. The zero-order valence-electron chi connectivity index (χ0n) is 12.6. The van der Waals surface area contributed by atoms with Crippen molar-refractivity contribution in [2.24, 2.45) is 0 Å². The number of rotatable bonds is 0. The molecule has 0 unspecified atom stereocenters. The second-order valence-corrected chi connectivity index (χ2v) is 5.94. The maximum Gasteiger partial charge on any atom is 1.00 e. The van der Waals surface area contributed by atoms with Gasteiger partial charge in [-0.25, -0.2) is 13.1 Å². The summed E-state index contributed by atoms with van der Waals surface area (Å²) in [6, 6.07) is 0. The predicted molar refractivity (Wildman–Crippen MR) is 66.0 cm³/mol. The van der Waals surface area contributed by atoms with E-state index in [1.165, 1.54) is 13.8 Å². The first-order valence-corrected chi connectivity index (χ1v) is 7.60. The molecule has 0 aliphatic carbocycles. The van der Waals surface area contributed by atoms with Gasteiger partial charge in [-0.15, -0.1) is 0 Å². The molecule has 0 saturated carbocycles. The van der Waals surface area contributed by atoms with Gasteiger partial charge in [-0.2, -0.15) is 8.42 Å². The second-order valence-electron chi connectivity index (χ2n) is 3.45. The van der Waals surface area contributed by atoms with Gasteiger partial charge < -0.3 is 23.4 Å². The molecule has 0 radical (unpaired) electrons. The summed E-state index contributed by atoms with van der Waals surface area (Å²) in [5.74, 6) is -1.36. The van der Waals surface area contributed by atoms with E-state index in [2.05, 4.69) is 13.1 Å². The molecule has 0 spiro atoms. The summed E-state index contributed by atoms with van der Waals surface area (Å²) in [6.45, 7) is 2.75. The predicted octanol–water partition coefficient (Wildman–Crippen LogP) is -6.82. The van der Waals surface area contributed by atoms with Crippen molar-refractivity contribution < 1.29 is 143 Å². The summed E-state index contributed by atoms with van der Waals surface area (Å²) in [5.41, 5.74) is 0. The van der Waals surface area contributed by atoms with E-state index < -0.39 is 32.4 Å². The molecule has 0 bridgehead atoms. The first kappa shape index (κ1) is 28.9. The molecule has 2 amide bonds. The largest absolute Gasteiger partial charge is 1.00 e. The minimum absolute atomic E-state index is 0. The Hall–Kier alpha value is 1.15. The van der Waals surface area contributed by atoms with Crippen molar-refractivity contribution in [1.82, 2.24) is 4.72 Å². The normalized spacial score (nSPS) is 19.6. The summed E-state index contributed by atoms with van der Waals surface area (Å²) in [6.07, 6.45) is 2.06. The van der Waals surface area contributed by atoms with Crippen LogP contribution < -0.4 is 107 Å². The van der Waals surface area contributed by atoms with Crippen LogP contribution >= 0.6 is 0 Å². The third kappa shape index (κ3) is 12.2. The zero-order chi connectivity index (χ0) is 15.6. The molecule has 15 heteroatoms. The van der Waals surface area contributed by atoms with E-state index in [0.29, 0.717) is 0 Å². The van der Waals surface area contributed by atoms with Crippen molar-refractivity contribution in [2.75, 3.05) is 0 Å². The first-order chi connectivity index (χ1) is 8.99. The number of hydrogen-bond acceptors (Lipinski definition) is 9. The monoisotopic (exact) mass is 420 g/mol. The van der Waals surface area contributed by atoms with Gasteiger partial charge in [-0.1, -0.05) is 0 Å². The molecular formula is C8H10K2N2O9S2. The number of allylic oxidation sites excluding steroid dienone is 2. The van der Waals surface area contributed by atoms with Crippen molar-refractivity contribution in [3.8, 4) is 0 Å². The Morgan fingerprint density at radius 1 is 0.957 bits per heavy atom. The number of carbonyl (C=O) groups is 2. The van der Waals surface area contributed by atoms with Crippen LogP contribution in [0.1, 0.15) is 13.8 Å². The number of nitrogens with one attached hydrogen (secondary N) is 1. The molecule has 120 valence electrons. The van der Waals surface area contributed by atoms with E-state index in [4.69, 9.17) is 0 Å². The van der Waals surface area contributed by atoms with Crippen molar-refractivity contribution in [3.05, 3.63) is 28.4 Å². The molecule has 0 aromatic rings. The first-order valence-electron chi connectivity index (χ1n) is 4.83. The molecule has 2 aliphatic heterocycles. The van der Waals surface area contributed by atoms with Crippen LogP contribution in [-0.4, -0.2) is 34.1 Å². The van der Waals surface area contributed by atoms with Gasteiger partial charge in [-0.05, 0) is 13.8 Å². The van der Waals surface area contributed by atoms with Gasteiger partial charge in [0.2, 0.25) is 0 Å². The van der Waals surface area contributed by atoms with Gasteiger partial charge in [0.15, 0.2) is 0 Å². The summed E-state index contributed by atoms with van der Waals surface area (Å²) in [7, 11) is -7.82. The van der Waals surface area contributed by atoms with Crippen molar-refractivity contribution >= 4 is 32.4 Å². The minimum atomic E-state index is -3.97. The quantitative estimate of drug-likeness (QED) is 0.373. The Kier molecular flexibility index (Phi) is 14.7. The third-order valence-electron chi connectivity index (χ3n) is 1.57. The Morgan fingerprint density at radius 3 is 1.78 bits per heavy atom. The fourth-order valence-electron chi connectivity index (χ4n) is 1.07. The number of hydrogen-bond donors (Lipinski definition) is 1. The Labute approximate surface area is 218 Å². The molecule has 0 fully saturated rings. The van der Waals surface area contributed by atoms with Crippen molar-refractivity contribution in [2.45, 2.75) is 13.8 Å². The standard InChI is InChI=1S/2C4H5NO4S.2K.H2O/c2*1-3-2-4(6)5-10(7,8)9-3;;;/h2*2H,1H3,(H,5,6);;;1H2/q;;2*+1;/p-2. The van der Waals surface area contributed by atoms with E-state index >= 15 is 0 Å². The molecule has 0 atom stereocenters. The average molecular weight is 421 g/mol. The second kappa shape index (κ2) is 11.7. The Morgan fingerprint density at radius 2 is 1.43 bits per heavy atom. The fraction of sp³-hybridized carbons (Fsp3) is 0.250. The molecule has 0 aromatic carbocycles. The van der Waals surface area contributed by atoms with Crippen molar-refractivity contribution in [1.29, 1.82) is 0 Å². The fourth-order valence-corrected chi connectivity index (χ4v) is 2.51. The van der Waals surface area contributed by atoms with Crippen LogP contribution in [0.3, 0.4) is 0 Å². The molecule has 2 aliphatic rings. The smallest absolute Gasteiger partial charge is 0.870 e. The summed E-state index contributed by atoms with van der Waals surface area (Å²) in [5, 5.41) is 0. The maximum absolute atomic E-state index is 10.5. The Bertz CT molecular complexity index is 650. The van der Waals surface area contributed by atoms with E-state index in [9.17, 15) is 26.4 Å². The van der Waals surface area contributed by atoms with E-state index in [-0.39, 0.29) is 120 Å². The number of amides is 2. The van der Waals surface area contributed by atoms with Gasteiger partial charge in [0.05, 0.1) is 5.91 Å². The van der Waals surface area contributed by atoms with Gasteiger partial charge in [0, 0.05) is 12.2 Å². The molecule has 0 saturated heterocycles. The summed E-state index contributed by atoms with van der Waals surface area (Å²) >= 11 is 0. The molecule has 23 heavy (non-hydrogen) atoms.